The maximum absolute atomic E-state index is 11.9. The number of halogens is 1. The van der Waals surface area contributed by atoms with Gasteiger partial charge in [-0.25, -0.2) is 8.42 Å². The third-order valence-electron chi connectivity index (χ3n) is 3.38. The van der Waals surface area contributed by atoms with Gasteiger partial charge in [0, 0.05) is 0 Å². The van der Waals surface area contributed by atoms with E-state index in [0.29, 0.717) is 5.92 Å². The zero-order chi connectivity index (χ0) is 9.47. The van der Waals surface area contributed by atoms with Crippen LogP contribution < -0.4 is 0 Å². The van der Waals surface area contributed by atoms with Crippen molar-refractivity contribution in [3.63, 3.8) is 0 Å². The topological polar surface area (TPSA) is 34.1 Å². The lowest BCUT2D eigenvalue weighted by molar-refractivity contribution is 0.320. The summed E-state index contributed by atoms with van der Waals surface area (Å²) < 4.78 is 23.5. The van der Waals surface area contributed by atoms with Crippen molar-refractivity contribution >= 4 is 25.8 Å². The van der Waals surface area contributed by atoms with Crippen LogP contribution >= 0.6 is 15.9 Å². The van der Waals surface area contributed by atoms with E-state index in [2.05, 4.69) is 15.9 Å². The molecule has 2 aliphatic rings. The number of alkyl halides is 1. The molecule has 76 valence electrons. The minimum Gasteiger partial charge on any atom is -0.227 e. The summed E-state index contributed by atoms with van der Waals surface area (Å²) in [6.45, 7) is 0. The van der Waals surface area contributed by atoms with Gasteiger partial charge in [0.25, 0.3) is 0 Å². The summed E-state index contributed by atoms with van der Waals surface area (Å²) in [7, 11) is -2.85. The van der Waals surface area contributed by atoms with Crippen LogP contribution in [0.15, 0.2) is 0 Å². The first kappa shape index (κ1) is 9.97. The molecule has 1 saturated heterocycles. The van der Waals surface area contributed by atoms with E-state index >= 15 is 0 Å². The quantitative estimate of drug-likeness (QED) is 0.632. The van der Waals surface area contributed by atoms with E-state index in [1.807, 2.05) is 0 Å². The fraction of sp³-hybridized carbons (Fsp3) is 1.00. The van der Waals surface area contributed by atoms with E-state index in [1.54, 1.807) is 0 Å². The SMILES string of the molecule is O=S1(=O)[C@H](Br)CC[C@H]2CCCC[C@@H]21. The van der Waals surface area contributed by atoms with Crippen LogP contribution in [0.5, 0.6) is 0 Å². The Morgan fingerprint density at radius 2 is 1.69 bits per heavy atom. The molecule has 1 heterocycles. The van der Waals surface area contributed by atoms with E-state index in [4.69, 9.17) is 0 Å². The Hall–Kier alpha value is 0.430. The molecule has 0 unspecified atom stereocenters. The molecular formula is C9H15BrO2S. The third-order valence-corrected chi connectivity index (χ3v) is 7.82. The molecule has 1 aliphatic carbocycles. The van der Waals surface area contributed by atoms with Gasteiger partial charge in [-0.2, -0.15) is 0 Å². The van der Waals surface area contributed by atoms with Crippen molar-refractivity contribution in [3.05, 3.63) is 0 Å². The van der Waals surface area contributed by atoms with Crippen molar-refractivity contribution in [3.8, 4) is 0 Å². The second-order valence-electron chi connectivity index (χ2n) is 4.16. The van der Waals surface area contributed by atoms with E-state index < -0.39 is 9.84 Å². The van der Waals surface area contributed by atoms with Crippen molar-refractivity contribution < 1.29 is 8.42 Å². The first-order chi connectivity index (χ1) is 6.12. The largest absolute Gasteiger partial charge is 0.227 e. The van der Waals surface area contributed by atoms with Crippen molar-refractivity contribution in [1.82, 2.24) is 0 Å². The fourth-order valence-electron chi connectivity index (χ4n) is 2.64. The summed E-state index contributed by atoms with van der Waals surface area (Å²) in [5.74, 6) is 0.465. The maximum Gasteiger partial charge on any atom is 0.166 e. The Kier molecular flexibility index (Phi) is 2.71. The van der Waals surface area contributed by atoms with Crippen LogP contribution in [0.2, 0.25) is 0 Å². The molecule has 0 aromatic rings. The fourth-order valence-corrected chi connectivity index (χ4v) is 5.88. The number of hydrogen-bond donors (Lipinski definition) is 0. The molecular weight excluding hydrogens is 252 g/mol. The van der Waals surface area contributed by atoms with Gasteiger partial charge in [-0.3, -0.25) is 0 Å². The average molecular weight is 267 g/mol. The van der Waals surface area contributed by atoms with Crippen LogP contribution in [0.4, 0.5) is 0 Å². The van der Waals surface area contributed by atoms with Crippen LogP contribution in [-0.4, -0.2) is 17.8 Å². The summed E-state index contributed by atoms with van der Waals surface area (Å²) in [6.07, 6.45) is 6.26. The van der Waals surface area contributed by atoms with Crippen molar-refractivity contribution in [2.24, 2.45) is 5.92 Å². The minimum atomic E-state index is -2.85. The predicted molar refractivity (Wildman–Crippen MR) is 56.6 cm³/mol. The summed E-state index contributed by atoms with van der Waals surface area (Å²) in [6, 6.07) is 0. The molecule has 4 heteroatoms. The Balaban J connectivity index is 2.25. The maximum atomic E-state index is 11.9. The van der Waals surface area contributed by atoms with Gasteiger partial charge < -0.3 is 0 Å². The highest BCUT2D eigenvalue weighted by molar-refractivity contribution is 9.11. The zero-order valence-electron chi connectivity index (χ0n) is 7.58. The molecule has 2 rings (SSSR count). The van der Waals surface area contributed by atoms with E-state index in [-0.39, 0.29) is 9.41 Å². The van der Waals surface area contributed by atoms with Gasteiger partial charge in [0.1, 0.15) is 4.16 Å². The summed E-state index contributed by atoms with van der Waals surface area (Å²) in [5.41, 5.74) is 0. The number of rotatable bonds is 0. The van der Waals surface area contributed by atoms with E-state index in [9.17, 15) is 8.42 Å². The van der Waals surface area contributed by atoms with Crippen molar-refractivity contribution in [2.45, 2.75) is 47.9 Å². The second kappa shape index (κ2) is 3.54. The summed E-state index contributed by atoms with van der Waals surface area (Å²) >= 11 is 3.28. The van der Waals surface area contributed by atoms with Crippen LogP contribution in [-0.2, 0) is 9.84 Å². The van der Waals surface area contributed by atoms with Crippen LogP contribution in [0.3, 0.4) is 0 Å². The van der Waals surface area contributed by atoms with E-state index in [0.717, 1.165) is 32.1 Å². The molecule has 0 radical (unpaired) electrons. The first-order valence-electron chi connectivity index (χ1n) is 4.99. The molecule has 3 atom stereocenters. The third kappa shape index (κ3) is 1.67. The predicted octanol–water partition coefficient (Wildman–Crippen LogP) is 2.47. The Morgan fingerprint density at radius 1 is 1.00 bits per heavy atom. The monoisotopic (exact) mass is 266 g/mol. The first-order valence-corrected chi connectivity index (χ1v) is 7.51. The summed E-state index contributed by atoms with van der Waals surface area (Å²) in [5, 5.41) is -0.0284. The second-order valence-corrected chi connectivity index (χ2v) is 8.22. The lowest BCUT2D eigenvalue weighted by atomic mass is 9.85. The minimum absolute atomic E-state index is 0.0284. The molecule has 1 aliphatic heterocycles. The van der Waals surface area contributed by atoms with Crippen molar-refractivity contribution in [2.75, 3.05) is 0 Å². The molecule has 13 heavy (non-hydrogen) atoms. The van der Waals surface area contributed by atoms with E-state index in [1.165, 1.54) is 6.42 Å². The Labute approximate surface area is 88.1 Å². The Morgan fingerprint density at radius 3 is 2.46 bits per heavy atom. The molecule has 0 bridgehead atoms. The highest BCUT2D eigenvalue weighted by atomic mass is 79.9. The Bertz CT molecular complexity index is 286. The van der Waals surface area contributed by atoms with Crippen LogP contribution in [0.25, 0.3) is 0 Å². The highest BCUT2D eigenvalue weighted by Gasteiger charge is 2.43. The molecule has 0 aromatic carbocycles. The molecule has 2 fully saturated rings. The standard InChI is InChI=1S/C9H15BrO2S/c10-9-6-5-7-3-1-2-4-8(7)13(9,11)12/h7-9H,1-6H2/t7-,8+,9+/m1/s1. The molecule has 0 N–H and O–H groups in total. The lowest BCUT2D eigenvalue weighted by Gasteiger charge is -2.37. The highest BCUT2D eigenvalue weighted by Crippen LogP contribution is 2.41. The van der Waals surface area contributed by atoms with Gasteiger partial charge in [0.05, 0.1) is 5.25 Å². The average Bonchev–Trinajstić information content (AvgIpc) is 2.13. The van der Waals surface area contributed by atoms with Crippen LogP contribution in [0.1, 0.15) is 38.5 Å². The molecule has 0 spiro atoms. The van der Waals surface area contributed by atoms with Gasteiger partial charge >= 0.3 is 0 Å². The number of sulfone groups is 1. The zero-order valence-corrected chi connectivity index (χ0v) is 9.98. The number of fused-ring (bicyclic) bond motifs is 1. The molecule has 0 amide bonds. The van der Waals surface area contributed by atoms with Gasteiger partial charge in [0.2, 0.25) is 0 Å². The van der Waals surface area contributed by atoms with Gasteiger partial charge in [0.15, 0.2) is 9.84 Å². The van der Waals surface area contributed by atoms with Crippen molar-refractivity contribution in [1.29, 1.82) is 0 Å². The summed E-state index contributed by atoms with van der Waals surface area (Å²) in [4.78, 5) is 0. The van der Waals surface area contributed by atoms with Gasteiger partial charge in [-0.15, -0.1) is 0 Å². The lowest BCUT2D eigenvalue weighted by Crippen LogP contribution is -2.41. The normalized spacial score (nSPS) is 43.9. The van der Waals surface area contributed by atoms with Gasteiger partial charge in [-0.1, -0.05) is 28.8 Å². The van der Waals surface area contributed by atoms with Crippen LogP contribution in [0, 0.1) is 5.92 Å². The molecule has 0 aromatic heterocycles. The number of hydrogen-bond acceptors (Lipinski definition) is 2. The molecule has 2 nitrogen and oxygen atoms in total. The van der Waals surface area contributed by atoms with Gasteiger partial charge in [-0.05, 0) is 31.6 Å². The molecule has 1 saturated carbocycles. The smallest absolute Gasteiger partial charge is 0.166 e.